The first-order valence-corrected chi connectivity index (χ1v) is 10.4. The zero-order valence-corrected chi connectivity index (χ0v) is 16.8. The van der Waals surface area contributed by atoms with Gasteiger partial charge < -0.3 is 20.4 Å². The van der Waals surface area contributed by atoms with Gasteiger partial charge in [-0.2, -0.15) is 0 Å². The first-order valence-electron chi connectivity index (χ1n) is 10.4. The number of rotatable bonds is 4. The summed E-state index contributed by atoms with van der Waals surface area (Å²) in [7, 11) is 0. The van der Waals surface area contributed by atoms with Crippen LogP contribution >= 0.6 is 0 Å². The van der Waals surface area contributed by atoms with Crippen LogP contribution in [0, 0.1) is 11.7 Å². The average Bonchev–Trinajstić information content (AvgIpc) is 3.59. The zero-order valence-electron chi connectivity index (χ0n) is 16.8. The summed E-state index contributed by atoms with van der Waals surface area (Å²) in [5.74, 6) is -0.223. The number of piperazine rings is 1. The predicted molar refractivity (Wildman–Crippen MR) is 111 cm³/mol. The lowest BCUT2D eigenvalue weighted by Gasteiger charge is -2.36. The minimum absolute atomic E-state index is 0.0548. The molecule has 31 heavy (non-hydrogen) atoms. The summed E-state index contributed by atoms with van der Waals surface area (Å²) in [5, 5.41) is 5.74. The van der Waals surface area contributed by atoms with E-state index < -0.39 is 11.9 Å². The maximum absolute atomic E-state index is 13.8. The van der Waals surface area contributed by atoms with Crippen LogP contribution in [0.4, 0.5) is 15.9 Å². The molecule has 2 aromatic rings. The van der Waals surface area contributed by atoms with Gasteiger partial charge in [-0.3, -0.25) is 14.4 Å². The molecule has 1 saturated carbocycles. The maximum atomic E-state index is 13.8. The summed E-state index contributed by atoms with van der Waals surface area (Å²) in [6.45, 7) is 1.38. The van der Waals surface area contributed by atoms with Gasteiger partial charge in [0.1, 0.15) is 17.7 Å². The molecule has 2 fully saturated rings. The molecule has 3 heterocycles. The van der Waals surface area contributed by atoms with E-state index in [9.17, 15) is 18.8 Å². The monoisotopic (exact) mass is 423 g/mol. The fourth-order valence-electron chi connectivity index (χ4n) is 4.12. The number of nitrogens with zero attached hydrogens (tertiary/aromatic N) is 3. The van der Waals surface area contributed by atoms with Gasteiger partial charge in [0.2, 0.25) is 11.8 Å². The van der Waals surface area contributed by atoms with Crippen molar-refractivity contribution in [3.8, 4) is 0 Å². The van der Waals surface area contributed by atoms with Gasteiger partial charge in [0.15, 0.2) is 0 Å². The molecule has 2 N–H and O–H groups in total. The molecule has 8 nitrogen and oxygen atoms in total. The molecule has 0 radical (unpaired) electrons. The fraction of sp³-hybridized carbons (Fsp3) is 0.364. The van der Waals surface area contributed by atoms with Crippen LogP contribution in [-0.2, 0) is 9.59 Å². The van der Waals surface area contributed by atoms with E-state index in [0.29, 0.717) is 36.1 Å². The Morgan fingerprint density at radius 3 is 2.81 bits per heavy atom. The number of carbonyl (C=O) groups excluding carboxylic acids is 3. The van der Waals surface area contributed by atoms with Crippen molar-refractivity contribution >= 4 is 29.2 Å². The molecule has 3 amide bonds. The number of benzene rings is 1. The molecule has 3 aliphatic rings. The molecule has 5 rings (SSSR count). The number of nitrogens with one attached hydrogen (secondary N) is 2. The Bertz CT molecular complexity index is 1070. The first-order chi connectivity index (χ1) is 15.0. The highest BCUT2D eigenvalue weighted by molar-refractivity contribution is 6.05. The van der Waals surface area contributed by atoms with Crippen molar-refractivity contribution in [3.63, 3.8) is 0 Å². The quantitative estimate of drug-likeness (QED) is 0.781. The van der Waals surface area contributed by atoms with Crippen molar-refractivity contribution in [2.75, 3.05) is 36.4 Å². The van der Waals surface area contributed by atoms with Crippen molar-refractivity contribution in [1.82, 2.24) is 15.2 Å². The van der Waals surface area contributed by atoms with E-state index in [1.165, 1.54) is 29.3 Å². The lowest BCUT2D eigenvalue weighted by molar-refractivity contribution is -0.128. The molecule has 0 spiro atoms. The van der Waals surface area contributed by atoms with Crippen LogP contribution in [0.1, 0.15) is 34.8 Å². The normalized spacial score (nSPS) is 20.7. The number of aromatic nitrogens is 1. The van der Waals surface area contributed by atoms with E-state index in [0.717, 1.165) is 12.8 Å². The third-order valence-corrected chi connectivity index (χ3v) is 5.89. The van der Waals surface area contributed by atoms with Gasteiger partial charge in [-0.05, 0) is 42.5 Å². The van der Waals surface area contributed by atoms with Crippen LogP contribution in [0.2, 0.25) is 0 Å². The van der Waals surface area contributed by atoms with Crippen LogP contribution in [-0.4, -0.2) is 53.8 Å². The van der Waals surface area contributed by atoms with Crippen LogP contribution in [0.3, 0.4) is 0 Å². The molecule has 1 saturated heterocycles. The van der Waals surface area contributed by atoms with E-state index in [1.54, 1.807) is 17.0 Å². The Morgan fingerprint density at radius 2 is 2.03 bits per heavy atom. The second kappa shape index (κ2) is 7.64. The van der Waals surface area contributed by atoms with Crippen LogP contribution in [0.5, 0.6) is 0 Å². The van der Waals surface area contributed by atoms with Crippen molar-refractivity contribution < 1.29 is 18.8 Å². The summed E-state index contributed by atoms with van der Waals surface area (Å²) in [4.78, 5) is 46.0. The van der Waals surface area contributed by atoms with Gasteiger partial charge in [0.25, 0.3) is 5.91 Å². The Kier molecular flexibility index (Phi) is 4.80. The summed E-state index contributed by atoms with van der Waals surface area (Å²) in [6.07, 6.45) is 3.64. The van der Waals surface area contributed by atoms with Crippen LogP contribution in [0.25, 0.3) is 0 Å². The van der Waals surface area contributed by atoms with Crippen molar-refractivity contribution in [3.05, 3.63) is 53.5 Å². The third kappa shape index (κ3) is 3.71. The van der Waals surface area contributed by atoms with Gasteiger partial charge >= 0.3 is 0 Å². The minimum atomic E-state index is -0.935. The highest BCUT2D eigenvalue weighted by Crippen LogP contribution is 2.36. The standard InChI is InChI=1S/C22H22FN5O3/c23-16-3-1-2-14(8-16)19-21(30)24-6-7-27(19)22(31)15-9-17-20(25-10-15)26-11-18(29)28(17)12-13-4-5-13/h1-3,8-10,13,19H,4-7,11-12H2,(H,24,30)(H,25,26). The minimum Gasteiger partial charge on any atom is -0.359 e. The Balaban J connectivity index is 1.48. The highest BCUT2D eigenvalue weighted by atomic mass is 19.1. The third-order valence-electron chi connectivity index (χ3n) is 5.89. The number of anilines is 2. The second-order valence-corrected chi connectivity index (χ2v) is 8.14. The molecule has 9 heteroatoms. The zero-order chi connectivity index (χ0) is 21.5. The second-order valence-electron chi connectivity index (χ2n) is 8.14. The van der Waals surface area contributed by atoms with Crippen molar-refractivity contribution in [1.29, 1.82) is 0 Å². The number of carbonyl (C=O) groups is 3. The Labute approximate surface area is 178 Å². The van der Waals surface area contributed by atoms with Gasteiger partial charge in [-0.25, -0.2) is 9.37 Å². The number of pyridine rings is 1. The fourth-order valence-corrected chi connectivity index (χ4v) is 4.12. The summed E-state index contributed by atoms with van der Waals surface area (Å²) < 4.78 is 13.8. The van der Waals surface area contributed by atoms with E-state index in [4.69, 9.17) is 0 Å². The number of hydrogen-bond acceptors (Lipinski definition) is 5. The predicted octanol–water partition coefficient (Wildman–Crippen LogP) is 1.70. The smallest absolute Gasteiger partial charge is 0.256 e. The summed E-state index contributed by atoms with van der Waals surface area (Å²) in [6, 6.07) is 6.43. The van der Waals surface area contributed by atoms with Crippen LogP contribution < -0.4 is 15.5 Å². The molecular formula is C22H22FN5O3. The molecule has 160 valence electrons. The lowest BCUT2D eigenvalue weighted by Crippen LogP contribution is -2.52. The number of amides is 3. The number of hydrogen-bond donors (Lipinski definition) is 2. The van der Waals surface area contributed by atoms with E-state index in [-0.39, 0.29) is 36.4 Å². The molecule has 1 aromatic carbocycles. The van der Waals surface area contributed by atoms with Crippen molar-refractivity contribution in [2.45, 2.75) is 18.9 Å². The Hall–Kier alpha value is -3.49. The number of halogens is 1. The van der Waals surface area contributed by atoms with Gasteiger partial charge in [-0.1, -0.05) is 12.1 Å². The molecule has 2 aliphatic heterocycles. The SMILES string of the molecule is O=C1NCCN(C(=O)c2cnc3c(c2)N(CC2CC2)C(=O)CN3)C1c1cccc(F)c1. The average molecular weight is 423 g/mol. The number of fused-ring (bicyclic) bond motifs is 1. The van der Waals surface area contributed by atoms with E-state index in [1.807, 2.05) is 0 Å². The lowest BCUT2D eigenvalue weighted by atomic mass is 10.0. The van der Waals surface area contributed by atoms with E-state index >= 15 is 0 Å². The molecule has 1 unspecified atom stereocenters. The van der Waals surface area contributed by atoms with Gasteiger partial charge in [0.05, 0.1) is 17.8 Å². The van der Waals surface area contributed by atoms with Crippen molar-refractivity contribution in [2.24, 2.45) is 5.92 Å². The van der Waals surface area contributed by atoms with E-state index in [2.05, 4.69) is 15.6 Å². The van der Waals surface area contributed by atoms with Gasteiger partial charge in [0, 0.05) is 25.8 Å². The largest absolute Gasteiger partial charge is 0.359 e. The van der Waals surface area contributed by atoms with Gasteiger partial charge in [-0.15, -0.1) is 0 Å². The molecule has 1 aromatic heterocycles. The molecule has 1 atom stereocenters. The first kappa shape index (κ1) is 19.5. The maximum Gasteiger partial charge on any atom is 0.256 e. The summed E-state index contributed by atoms with van der Waals surface area (Å²) in [5.41, 5.74) is 1.27. The summed E-state index contributed by atoms with van der Waals surface area (Å²) >= 11 is 0. The van der Waals surface area contributed by atoms with Crippen LogP contribution in [0.15, 0.2) is 36.5 Å². The molecular weight excluding hydrogens is 401 g/mol. The molecule has 0 bridgehead atoms. The topological polar surface area (TPSA) is 94.6 Å². The Morgan fingerprint density at radius 1 is 1.19 bits per heavy atom. The molecule has 1 aliphatic carbocycles. The highest BCUT2D eigenvalue weighted by Gasteiger charge is 2.36.